The first-order chi connectivity index (χ1) is 13.6. The predicted molar refractivity (Wildman–Crippen MR) is 113 cm³/mol. The Hall–Kier alpha value is -2.91. The number of amides is 1. The van der Waals surface area contributed by atoms with Gasteiger partial charge in [0.25, 0.3) is 5.69 Å². The van der Waals surface area contributed by atoms with E-state index in [1.54, 1.807) is 19.2 Å². The van der Waals surface area contributed by atoms with Gasteiger partial charge in [0.05, 0.1) is 12.0 Å². The predicted octanol–water partition coefficient (Wildman–Crippen LogP) is 2.57. The fourth-order valence-electron chi connectivity index (χ4n) is 3.11. The van der Waals surface area contributed by atoms with E-state index in [0.29, 0.717) is 12.4 Å². The number of anilines is 2. The Morgan fingerprint density at radius 3 is 2.59 bits per heavy atom. The highest BCUT2D eigenvalue weighted by Gasteiger charge is 2.20. The number of halogens is 1. The zero-order valence-corrected chi connectivity index (χ0v) is 16.9. The van der Waals surface area contributed by atoms with Crippen LogP contribution in [0.1, 0.15) is 6.42 Å². The highest BCUT2D eigenvalue weighted by Crippen LogP contribution is 2.23. The summed E-state index contributed by atoms with van der Waals surface area (Å²) in [5.74, 6) is 1.24. The monoisotopic (exact) mass is 421 g/mol. The van der Waals surface area contributed by atoms with Crippen molar-refractivity contribution in [1.82, 2.24) is 9.88 Å². The molecule has 1 amide bonds. The molecule has 156 valence electrons. The SMILES string of the molecule is COc1cccc(N2CCN(CCC(=O)Nc3ccccc3[N+](=O)[O-])CC2)n1.Cl. The van der Waals surface area contributed by atoms with E-state index in [4.69, 9.17) is 4.74 Å². The summed E-state index contributed by atoms with van der Waals surface area (Å²) in [4.78, 5) is 31.6. The minimum absolute atomic E-state index is 0. The van der Waals surface area contributed by atoms with Crippen molar-refractivity contribution < 1.29 is 14.5 Å². The van der Waals surface area contributed by atoms with Crippen molar-refractivity contribution in [3.05, 3.63) is 52.6 Å². The van der Waals surface area contributed by atoms with Crippen LogP contribution in [0.3, 0.4) is 0 Å². The molecule has 1 aliphatic rings. The molecule has 0 spiro atoms. The second kappa shape index (κ2) is 10.6. The topological polar surface area (TPSA) is 101 Å². The molecule has 0 bridgehead atoms. The van der Waals surface area contributed by atoms with Gasteiger partial charge in [0.1, 0.15) is 11.5 Å². The second-order valence-corrected chi connectivity index (χ2v) is 6.44. The zero-order chi connectivity index (χ0) is 19.9. The molecule has 1 aliphatic heterocycles. The van der Waals surface area contributed by atoms with Gasteiger partial charge in [-0.3, -0.25) is 19.8 Å². The van der Waals surface area contributed by atoms with E-state index in [2.05, 4.69) is 20.1 Å². The van der Waals surface area contributed by atoms with Crippen molar-refractivity contribution in [3.63, 3.8) is 0 Å². The maximum absolute atomic E-state index is 12.2. The number of nitro benzene ring substituents is 1. The summed E-state index contributed by atoms with van der Waals surface area (Å²) in [5.41, 5.74) is 0.127. The number of ether oxygens (including phenoxy) is 1. The van der Waals surface area contributed by atoms with Crippen molar-refractivity contribution in [2.75, 3.05) is 50.1 Å². The van der Waals surface area contributed by atoms with Gasteiger partial charge in [0.2, 0.25) is 11.8 Å². The molecule has 0 radical (unpaired) electrons. The van der Waals surface area contributed by atoms with Gasteiger partial charge in [0.15, 0.2) is 0 Å². The largest absolute Gasteiger partial charge is 0.481 e. The summed E-state index contributed by atoms with van der Waals surface area (Å²) >= 11 is 0. The maximum atomic E-state index is 12.2. The van der Waals surface area contributed by atoms with Crippen LogP contribution < -0.4 is 15.0 Å². The summed E-state index contributed by atoms with van der Waals surface area (Å²) in [7, 11) is 1.60. The number of nitrogens with zero attached hydrogens (tertiary/aromatic N) is 4. The Morgan fingerprint density at radius 2 is 1.90 bits per heavy atom. The van der Waals surface area contributed by atoms with E-state index >= 15 is 0 Å². The average Bonchev–Trinajstić information content (AvgIpc) is 2.73. The number of pyridine rings is 1. The number of nitrogens with one attached hydrogen (secondary N) is 1. The van der Waals surface area contributed by atoms with Crippen LogP contribution in [0.4, 0.5) is 17.2 Å². The molecule has 0 aliphatic carbocycles. The van der Waals surface area contributed by atoms with Crippen LogP contribution in [0.25, 0.3) is 0 Å². The van der Waals surface area contributed by atoms with Gasteiger partial charge in [-0.05, 0) is 12.1 Å². The number of nitro groups is 1. The Balaban J connectivity index is 0.00000300. The lowest BCUT2D eigenvalue weighted by Gasteiger charge is -2.35. The molecule has 2 aromatic rings. The van der Waals surface area contributed by atoms with Crippen molar-refractivity contribution in [3.8, 4) is 5.88 Å². The van der Waals surface area contributed by atoms with Crippen LogP contribution in [-0.4, -0.2) is 60.5 Å². The number of methoxy groups -OCH3 is 1. The van der Waals surface area contributed by atoms with Crippen LogP contribution in [0.2, 0.25) is 0 Å². The molecule has 29 heavy (non-hydrogen) atoms. The number of para-hydroxylation sites is 2. The molecule has 1 N–H and O–H groups in total. The van der Waals surface area contributed by atoms with Gasteiger partial charge in [-0.15, -0.1) is 12.4 Å². The molecule has 1 fully saturated rings. The summed E-state index contributed by atoms with van der Waals surface area (Å²) < 4.78 is 5.17. The van der Waals surface area contributed by atoms with Crippen LogP contribution in [-0.2, 0) is 4.79 Å². The van der Waals surface area contributed by atoms with Crippen LogP contribution >= 0.6 is 12.4 Å². The Labute approximate surface area is 175 Å². The van der Waals surface area contributed by atoms with Crippen LogP contribution in [0.15, 0.2) is 42.5 Å². The van der Waals surface area contributed by atoms with Crippen molar-refractivity contribution in [2.24, 2.45) is 0 Å². The molecular formula is C19H24ClN5O4. The molecule has 0 unspecified atom stereocenters. The Morgan fingerprint density at radius 1 is 1.17 bits per heavy atom. The third kappa shape index (κ3) is 6.03. The molecule has 0 atom stereocenters. The molecule has 10 heteroatoms. The fourth-order valence-corrected chi connectivity index (χ4v) is 3.11. The van der Waals surface area contributed by atoms with Crippen LogP contribution in [0, 0.1) is 10.1 Å². The van der Waals surface area contributed by atoms with E-state index in [1.807, 2.05) is 18.2 Å². The quantitative estimate of drug-likeness (QED) is 0.541. The highest BCUT2D eigenvalue weighted by atomic mass is 35.5. The van der Waals surface area contributed by atoms with E-state index < -0.39 is 4.92 Å². The number of hydrogen-bond acceptors (Lipinski definition) is 7. The maximum Gasteiger partial charge on any atom is 0.292 e. The summed E-state index contributed by atoms with van der Waals surface area (Å²) in [6.07, 6.45) is 0.281. The molecule has 9 nitrogen and oxygen atoms in total. The zero-order valence-electron chi connectivity index (χ0n) is 16.1. The highest BCUT2D eigenvalue weighted by molar-refractivity contribution is 5.93. The van der Waals surface area contributed by atoms with Gasteiger partial charge in [-0.25, -0.2) is 0 Å². The van der Waals surface area contributed by atoms with Crippen LogP contribution in [0.5, 0.6) is 5.88 Å². The number of carbonyl (C=O) groups excluding carboxylic acids is 1. The number of rotatable bonds is 7. The summed E-state index contributed by atoms with van der Waals surface area (Å²) in [6.45, 7) is 3.86. The van der Waals surface area contributed by atoms with Gasteiger partial charge in [0, 0.05) is 51.3 Å². The van der Waals surface area contributed by atoms with Crippen molar-refractivity contribution >= 4 is 35.5 Å². The Kier molecular flexibility index (Phi) is 8.17. The molecule has 2 heterocycles. The number of piperazine rings is 1. The fraction of sp³-hybridized carbons (Fsp3) is 0.368. The van der Waals surface area contributed by atoms with Gasteiger partial charge in [-0.1, -0.05) is 18.2 Å². The van der Waals surface area contributed by atoms with E-state index in [9.17, 15) is 14.9 Å². The molecule has 1 aromatic carbocycles. The lowest BCUT2D eigenvalue weighted by Crippen LogP contribution is -2.47. The normalized spacial score (nSPS) is 14.0. The van der Waals surface area contributed by atoms with Gasteiger partial charge in [-0.2, -0.15) is 4.98 Å². The second-order valence-electron chi connectivity index (χ2n) is 6.44. The minimum atomic E-state index is -0.499. The smallest absolute Gasteiger partial charge is 0.292 e. The molecule has 0 saturated carbocycles. The van der Waals surface area contributed by atoms with Crippen molar-refractivity contribution in [2.45, 2.75) is 6.42 Å². The number of benzene rings is 1. The molecule has 1 saturated heterocycles. The minimum Gasteiger partial charge on any atom is -0.481 e. The van der Waals surface area contributed by atoms with E-state index in [-0.39, 0.29) is 36.1 Å². The van der Waals surface area contributed by atoms with E-state index in [1.165, 1.54) is 12.1 Å². The first-order valence-electron chi connectivity index (χ1n) is 9.08. The lowest BCUT2D eigenvalue weighted by molar-refractivity contribution is -0.383. The third-order valence-electron chi connectivity index (χ3n) is 4.64. The molecule has 3 rings (SSSR count). The van der Waals surface area contributed by atoms with Crippen molar-refractivity contribution in [1.29, 1.82) is 0 Å². The first kappa shape index (κ1) is 22.4. The van der Waals surface area contributed by atoms with Gasteiger partial charge >= 0.3 is 0 Å². The van der Waals surface area contributed by atoms with Gasteiger partial charge < -0.3 is 15.0 Å². The summed E-state index contributed by atoms with van der Waals surface area (Å²) in [6, 6.07) is 11.8. The lowest BCUT2D eigenvalue weighted by atomic mass is 10.2. The number of hydrogen-bond donors (Lipinski definition) is 1. The average molecular weight is 422 g/mol. The number of carbonyl (C=O) groups is 1. The molecule has 1 aromatic heterocycles. The standard InChI is InChI=1S/C19H23N5O4.ClH/c1-28-19-8-4-7-17(21-19)23-13-11-22(12-14-23)10-9-18(25)20-15-5-2-3-6-16(15)24(26)27;/h2-8H,9-14H2,1H3,(H,20,25);1H. The first-order valence-corrected chi connectivity index (χ1v) is 9.08. The van der Waals surface area contributed by atoms with E-state index in [0.717, 1.165) is 32.0 Å². The third-order valence-corrected chi connectivity index (χ3v) is 4.64. The summed E-state index contributed by atoms with van der Waals surface area (Å²) in [5, 5.41) is 13.7. The Bertz CT molecular complexity index is 843. The molecular weight excluding hydrogens is 398 g/mol. The number of aromatic nitrogens is 1.